The Bertz CT molecular complexity index is 990. The molecule has 9 atom stereocenters. The summed E-state index contributed by atoms with van der Waals surface area (Å²) in [6.07, 6.45) is 9.04. The number of rotatable bonds is 6. The Labute approximate surface area is 222 Å². The van der Waals surface area contributed by atoms with Gasteiger partial charge in [0, 0.05) is 12.0 Å². The molecule has 1 aliphatic heterocycles. The number of aliphatic hydroxyl groups excluding tert-OH is 1. The Morgan fingerprint density at radius 3 is 2.46 bits per heavy atom. The molecule has 4 aliphatic rings. The summed E-state index contributed by atoms with van der Waals surface area (Å²) in [5.41, 5.74) is 0.624. The lowest BCUT2D eigenvalue weighted by molar-refractivity contribution is -0.155. The van der Waals surface area contributed by atoms with Gasteiger partial charge in [-0.2, -0.15) is 0 Å². The second kappa shape index (κ2) is 9.51. The van der Waals surface area contributed by atoms with Gasteiger partial charge >= 0.3 is 11.9 Å². The average molecular weight is 517 g/mol. The van der Waals surface area contributed by atoms with Gasteiger partial charge in [0.1, 0.15) is 6.10 Å². The number of hydrogen-bond acceptors (Lipinski definition) is 6. The Kier molecular flexibility index (Phi) is 7.29. The van der Waals surface area contributed by atoms with Crippen LogP contribution in [0.5, 0.6) is 0 Å². The van der Waals surface area contributed by atoms with Gasteiger partial charge in [-0.1, -0.05) is 45.4 Å². The number of fused-ring (bicyclic) bond motifs is 3. The summed E-state index contributed by atoms with van der Waals surface area (Å²) in [4.78, 5) is 24.6. The van der Waals surface area contributed by atoms with Crippen molar-refractivity contribution in [1.82, 2.24) is 0 Å². The van der Waals surface area contributed by atoms with E-state index in [9.17, 15) is 19.8 Å². The van der Waals surface area contributed by atoms with E-state index in [1.54, 1.807) is 0 Å². The van der Waals surface area contributed by atoms with Crippen LogP contribution >= 0.6 is 0 Å². The zero-order valence-corrected chi connectivity index (χ0v) is 24.1. The summed E-state index contributed by atoms with van der Waals surface area (Å²) in [7, 11) is 1.30. The number of allylic oxidation sites excluding steroid dienone is 2. The molecule has 2 saturated carbocycles. The molecule has 0 aromatic rings. The molecule has 0 radical (unpaired) electrons. The molecule has 0 aromatic heterocycles. The minimum Gasteiger partial charge on any atom is -0.467 e. The predicted molar refractivity (Wildman–Crippen MR) is 142 cm³/mol. The van der Waals surface area contributed by atoms with Crippen LogP contribution in [0.4, 0.5) is 0 Å². The zero-order valence-electron chi connectivity index (χ0n) is 24.1. The second-order valence-electron chi connectivity index (χ2n) is 13.8. The Balaban J connectivity index is 1.70. The van der Waals surface area contributed by atoms with E-state index >= 15 is 0 Å². The van der Waals surface area contributed by atoms with E-state index in [0.717, 1.165) is 38.5 Å². The predicted octanol–water partition coefficient (Wildman–Crippen LogP) is 5.36. The first kappa shape index (κ1) is 28.4. The van der Waals surface area contributed by atoms with Crippen LogP contribution in [0.3, 0.4) is 0 Å². The summed E-state index contributed by atoms with van der Waals surface area (Å²) in [6.45, 7) is 14.8. The van der Waals surface area contributed by atoms with Crippen molar-refractivity contribution in [1.29, 1.82) is 0 Å². The lowest BCUT2D eigenvalue weighted by Gasteiger charge is -2.61. The summed E-state index contributed by atoms with van der Waals surface area (Å²) < 4.78 is 10.7. The second-order valence-corrected chi connectivity index (χ2v) is 13.8. The molecule has 0 saturated heterocycles. The van der Waals surface area contributed by atoms with Gasteiger partial charge in [-0.3, -0.25) is 0 Å². The molecule has 208 valence electrons. The van der Waals surface area contributed by atoms with Gasteiger partial charge in [0.15, 0.2) is 6.10 Å². The summed E-state index contributed by atoms with van der Waals surface area (Å²) in [5, 5.41) is 22.0. The first-order valence-electron chi connectivity index (χ1n) is 14.2. The highest BCUT2D eigenvalue weighted by Crippen LogP contribution is 2.71. The zero-order chi connectivity index (χ0) is 27.6. The van der Waals surface area contributed by atoms with Crippen LogP contribution in [0, 0.1) is 39.9 Å². The van der Waals surface area contributed by atoms with E-state index < -0.39 is 23.1 Å². The van der Waals surface area contributed by atoms with Crippen LogP contribution in [-0.2, 0) is 19.1 Å². The maximum absolute atomic E-state index is 12.3. The van der Waals surface area contributed by atoms with Gasteiger partial charge in [-0.25, -0.2) is 9.59 Å². The fourth-order valence-electron chi connectivity index (χ4n) is 9.30. The van der Waals surface area contributed by atoms with Crippen LogP contribution in [0.15, 0.2) is 23.3 Å². The van der Waals surface area contributed by atoms with E-state index in [4.69, 9.17) is 9.47 Å². The lowest BCUT2D eigenvalue weighted by Crippen LogP contribution is -2.56. The average Bonchev–Trinajstić information content (AvgIpc) is 3.10. The summed E-state index contributed by atoms with van der Waals surface area (Å²) in [6, 6.07) is 0. The molecule has 4 rings (SSSR count). The highest BCUT2D eigenvalue weighted by atomic mass is 16.5. The monoisotopic (exact) mass is 516 g/mol. The van der Waals surface area contributed by atoms with Crippen molar-refractivity contribution in [3.8, 4) is 0 Å². The van der Waals surface area contributed by atoms with Crippen LogP contribution < -0.4 is 0 Å². The Morgan fingerprint density at radius 2 is 1.86 bits per heavy atom. The van der Waals surface area contributed by atoms with E-state index in [-0.39, 0.29) is 41.2 Å². The number of carbonyl (C=O) groups excluding carboxylic acids is 2. The van der Waals surface area contributed by atoms with Crippen molar-refractivity contribution < 1.29 is 29.3 Å². The number of ether oxygens (including phenoxy) is 2. The van der Waals surface area contributed by atoms with Crippen molar-refractivity contribution >= 4 is 11.9 Å². The number of aliphatic hydroxyl groups is 2. The standard InChI is InChI=1S/C31H48O6/c1-18-9-11-24(37-26(18)33)19(2)20-13-15-31(7)22-10-12-25(28(3,4)35)29(5,17-23(32)27(34)36-8)21(22)14-16-30(20,31)6/h9,14,19-20,22-25,32,35H,10-13,15-17H2,1-8H3. The molecule has 3 aliphatic carbocycles. The minimum absolute atomic E-state index is 0.0441. The van der Waals surface area contributed by atoms with Crippen molar-refractivity contribution in [2.24, 2.45) is 39.9 Å². The maximum atomic E-state index is 12.3. The lowest BCUT2D eigenvalue weighted by atomic mass is 9.43. The van der Waals surface area contributed by atoms with Crippen molar-refractivity contribution in [2.75, 3.05) is 7.11 Å². The van der Waals surface area contributed by atoms with Crippen LogP contribution in [-0.4, -0.2) is 47.1 Å². The Morgan fingerprint density at radius 1 is 1.19 bits per heavy atom. The third kappa shape index (κ3) is 4.40. The highest BCUT2D eigenvalue weighted by molar-refractivity contribution is 5.88. The number of cyclic esters (lactones) is 1. The Hall–Kier alpha value is -1.66. The van der Waals surface area contributed by atoms with Gasteiger partial charge in [0.2, 0.25) is 0 Å². The highest BCUT2D eigenvalue weighted by Gasteiger charge is 2.65. The van der Waals surface area contributed by atoms with E-state index in [1.165, 1.54) is 12.7 Å². The van der Waals surface area contributed by atoms with Crippen molar-refractivity contribution in [2.45, 2.75) is 111 Å². The molecule has 0 aromatic carbocycles. The molecule has 6 heteroatoms. The molecule has 0 spiro atoms. The summed E-state index contributed by atoms with van der Waals surface area (Å²) >= 11 is 0. The fraction of sp³-hybridized carbons (Fsp3) is 0.806. The molecule has 6 nitrogen and oxygen atoms in total. The topological polar surface area (TPSA) is 93.1 Å². The molecule has 0 bridgehead atoms. The molecular weight excluding hydrogens is 468 g/mol. The third-order valence-electron chi connectivity index (χ3n) is 11.6. The molecule has 37 heavy (non-hydrogen) atoms. The van der Waals surface area contributed by atoms with Crippen LogP contribution in [0.1, 0.15) is 93.4 Å². The van der Waals surface area contributed by atoms with Gasteiger partial charge in [-0.15, -0.1) is 0 Å². The number of esters is 2. The molecule has 1 heterocycles. The SMILES string of the molecule is COC(=O)C(O)CC1(C)C2=CCC3(C)C(C(C)C4CC=C(C)C(=O)O4)CCC3(C)C2CCC1C(C)(C)O. The van der Waals surface area contributed by atoms with Gasteiger partial charge < -0.3 is 19.7 Å². The molecular formula is C31H48O6. The first-order valence-corrected chi connectivity index (χ1v) is 14.2. The quantitative estimate of drug-likeness (QED) is 0.364. The van der Waals surface area contributed by atoms with Crippen LogP contribution in [0.2, 0.25) is 0 Å². The largest absolute Gasteiger partial charge is 0.467 e. The van der Waals surface area contributed by atoms with Gasteiger partial charge in [0.05, 0.1) is 12.7 Å². The molecule has 2 N–H and O–H groups in total. The number of hydrogen-bond donors (Lipinski definition) is 2. The van der Waals surface area contributed by atoms with Gasteiger partial charge in [0.25, 0.3) is 0 Å². The minimum atomic E-state index is -1.23. The van der Waals surface area contributed by atoms with Gasteiger partial charge in [-0.05, 0) is 99.2 Å². The number of methoxy groups -OCH3 is 1. The smallest absolute Gasteiger partial charge is 0.334 e. The first-order chi connectivity index (χ1) is 17.1. The molecule has 9 unspecified atom stereocenters. The van der Waals surface area contributed by atoms with Crippen molar-refractivity contribution in [3.63, 3.8) is 0 Å². The maximum Gasteiger partial charge on any atom is 0.334 e. The van der Waals surface area contributed by atoms with E-state index in [2.05, 4.69) is 33.8 Å². The summed E-state index contributed by atoms with van der Waals surface area (Å²) in [5.74, 6) is 0.112. The van der Waals surface area contributed by atoms with Crippen molar-refractivity contribution in [3.05, 3.63) is 23.3 Å². The normalized spacial score (nSPS) is 41.5. The number of carbonyl (C=O) groups is 2. The molecule has 2 fully saturated rings. The van der Waals surface area contributed by atoms with E-state index in [0.29, 0.717) is 17.4 Å². The molecule has 0 amide bonds. The fourth-order valence-corrected chi connectivity index (χ4v) is 9.30. The third-order valence-corrected chi connectivity index (χ3v) is 11.6. The van der Waals surface area contributed by atoms with Crippen LogP contribution in [0.25, 0.3) is 0 Å². The van der Waals surface area contributed by atoms with E-state index in [1.807, 2.05) is 26.8 Å².